The van der Waals surface area contributed by atoms with Crippen molar-refractivity contribution in [1.82, 2.24) is 4.57 Å². The van der Waals surface area contributed by atoms with Gasteiger partial charge >= 0.3 is 5.97 Å². The minimum Gasteiger partial charge on any atom is -0.462 e. The first-order chi connectivity index (χ1) is 16.8. The van der Waals surface area contributed by atoms with Gasteiger partial charge < -0.3 is 19.7 Å². The number of hydrogen-bond donors (Lipinski definition) is 2. The highest BCUT2D eigenvalue weighted by molar-refractivity contribution is 5.95. The number of terminal acetylenes is 1. The molecule has 0 spiro atoms. The summed E-state index contributed by atoms with van der Waals surface area (Å²) in [5.74, 6) is 1.26. The molecule has 0 amide bonds. The molecule has 2 aromatic carbocycles. The van der Waals surface area contributed by atoms with Gasteiger partial charge in [-0.2, -0.15) is 0 Å². The zero-order valence-corrected chi connectivity index (χ0v) is 21.2. The van der Waals surface area contributed by atoms with Crippen LogP contribution in [0.2, 0.25) is 0 Å². The molecule has 0 aliphatic rings. The topological polar surface area (TPSA) is 80.6 Å². The molecule has 2 N–H and O–H groups in total. The first-order valence-corrected chi connectivity index (χ1v) is 11.6. The molecule has 188 valence electrons. The zero-order chi connectivity index (χ0) is 26.4. The summed E-state index contributed by atoms with van der Waals surface area (Å²) in [6, 6.07) is 9.70. The van der Waals surface area contributed by atoms with Gasteiger partial charge in [0.25, 0.3) is 0 Å². The fourth-order valence-electron chi connectivity index (χ4n) is 3.18. The monoisotopic (exact) mass is 482 g/mol. The number of carbonyl (C=O) groups excluding carboxylic acids is 1. The Balaban J connectivity index is 0.000000926. The Kier molecular flexibility index (Phi) is 12.9. The van der Waals surface area contributed by atoms with Gasteiger partial charge in [0, 0.05) is 30.4 Å². The Morgan fingerprint density at radius 1 is 1.20 bits per heavy atom. The minimum absolute atomic E-state index is 0.0684. The van der Waals surface area contributed by atoms with Crippen LogP contribution in [0, 0.1) is 25.1 Å². The average Bonchev–Trinajstić information content (AvgIpc) is 2.82. The third-order valence-corrected chi connectivity index (χ3v) is 4.66. The molecule has 1 heterocycles. The summed E-state index contributed by atoms with van der Waals surface area (Å²) in [6.45, 7) is 10.2. The van der Waals surface area contributed by atoms with Gasteiger partial charge in [-0.1, -0.05) is 32.4 Å². The number of pyridine rings is 1. The van der Waals surface area contributed by atoms with Crippen LogP contribution in [0.1, 0.15) is 55.6 Å². The van der Waals surface area contributed by atoms with Crippen molar-refractivity contribution in [2.45, 2.75) is 54.1 Å². The molecule has 0 radical (unpaired) electrons. The number of benzene rings is 2. The molecule has 3 aromatic rings. The number of nitrogens with one attached hydrogen (secondary N) is 1. The van der Waals surface area contributed by atoms with E-state index in [0.717, 1.165) is 16.8 Å². The van der Waals surface area contributed by atoms with Crippen molar-refractivity contribution < 1.29 is 19.0 Å². The number of nitrogens with zero attached hydrogens (tertiary/aromatic N) is 1. The summed E-state index contributed by atoms with van der Waals surface area (Å²) >= 11 is 0. The van der Waals surface area contributed by atoms with E-state index in [1.807, 2.05) is 13.0 Å². The van der Waals surface area contributed by atoms with Crippen molar-refractivity contribution in [2.75, 3.05) is 18.5 Å². The highest BCUT2D eigenvalue weighted by atomic mass is 19.1. The molecular weight excluding hydrogens is 447 g/mol. The predicted octanol–water partition coefficient (Wildman–Crippen LogP) is 5.29. The summed E-state index contributed by atoms with van der Waals surface area (Å²) in [7, 11) is 0. The lowest BCUT2D eigenvalue weighted by atomic mass is 10.1. The van der Waals surface area contributed by atoms with Gasteiger partial charge in [-0.25, -0.2) is 9.18 Å². The number of carbonyl (C=O) groups is 1. The number of anilines is 1. The number of aromatic nitrogens is 1. The fraction of sp³-hybridized carbons (Fsp3) is 0.357. The maximum atomic E-state index is 13.1. The van der Waals surface area contributed by atoms with Gasteiger partial charge in [0.15, 0.2) is 0 Å². The first kappa shape index (κ1) is 29.4. The van der Waals surface area contributed by atoms with Crippen molar-refractivity contribution in [3.8, 4) is 12.3 Å². The van der Waals surface area contributed by atoms with Crippen LogP contribution < -0.4 is 10.7 Å². The highest BCUT2D eigenvalue weighted by Crippen LogP contribution is 2.23. The van der Waals surface area contributed by atoms with Gasteiger partial charge in [-0.05, 0) is 56.2 Å². The second-order valence-electron chi connectivity index (χ2n) is 7.67. The summed E-state index contributed by atoms with van der Waals surface area (Å²) in [5, 5.41) is 13.0. The SMILES string of the molecule is C#CC.CCC.CCOC(=O)c1cn(CCO)c2cc(C)c(NCc3ccc(F)cc3)cc2c1=O. The van der Waals surface area contributed by atoms with Gasteiger partial charge in [0.1, 0.15) is 11.4 Å². The largest absolute Gasteiger partial charge is 0.462 e. The van der Waals surface area contributed by atoms with E-state index in [-0.39, 0.29) is 31.1 Å². The number of aliphatic hydroxyl groups excluding tert-OH is 1. The molecule has 0 aliphatic carbocycles. The van der Waals surface area contributed by atoms with Crippen LogP contribution >= 0.6 is 0 Å². The predicted molar refractivity (Wildman–Crippen MR) is 140 cm³/mol. The average molecular weight is 483 g/mol. The normalized spacial score (nSPS) is 9.77. The van der Waals surface area contributed by atoms with Crippen LogP contribution in [0.5, 0.6) is 0 Å². The van der Waals surface area contributed by atoms with Crippen LogP contribution in [-0.2, 0) is 17.8 Å². The number of hydrogen-bond acceptors (Lipinski definition) is 5. The third kappa shape index (κ3) is 8.58. The third-order valence-electron chi connectivity index (χ3n) is 4.66. The molecule has 35 heavy (non-hydrogen) atoms. The standard InChI is InChI=1S/C22H23FN2O4.C3H8.C3H4/c1-3-29-22(28)18-13-25(8-9-26)20-10-14(2)19(11-17(20)21(18)27)24-12-15-4-6-16(23)7-5-15;2*1-3-2/h4-7,10-11,13,24,26H,3,8-9,12H2,1-2H3;3H2,1-2H3;1H,2H3. The molecule has 0 aliphatic heterocycles. The van der Waals surface area contributed by atoms with Crippen molar-refractivity contribution in [1.29, 1.82) is 0 Å². The maximum Gasteiger partial charge on any atom is 0.343 e. The van der Waals surface area contributed by atoms with Crippen molar-refractivity contribution in [3.63, 3.8) is 0 Å². The number of aryl methyl sites for hydroxylation is 1. The molecule has 6 nitrogen and oxygen atoms in total. The first-order valence-electron chi connectivity index (χ1n) is 11.6. The van der Waals surface area contributed by atoms with Gasteiger partial charge in [-0.15, -0.1) is 12.3 Å². The van der Waals surface area contributed by atoms with Crippen molar-refractivity contribution in [3.05, 3.63) is 75.3 Å². The van der Waals surface area contributed by atoms with Crippen LogP contribution in [0.25, 0.3) is 10.9 Å². The second kappa shape index (κ2) is 15.3. The summed E-state index contributed by atoms with van der Waals surface area (Å²) in [5.41, 5.74) is 2.66. The van der Waals surface area contributed by atoms with Crippen LogP contribution in [0.3, 0.4) is 0 Å². The van der Waals surface area contributed by atoms with E-state index in [2.05, 4.69) is 31.5 Å². The summed E-state index contributed by atoms with van der Waals surface area (Å²) in [4.78, 5) is 25.1. The van der Waals surface area contributed by atoms with E-state index < -0.39 is 11.4 Å². The molecule has 0 saturated carbocycles. The van der Waals surface area contributed by atoms with E-state index in [4.69, 9.17) is 4.74 Å². The number of fused-ring (bicyclic) bond motifs is 1. The quantitative estimate of drug-likeness (QED) is 0.354. The van der Waals surface area contributed by atoms with Crippen molar-refractivity contribution in [2.24, 2.45) is 0 Å². The van der Waals surface area contributed by atoms with Gasteiger partial charge in [0.2, 0.25) is 5.43 Å². The minimum atomic E-state index is -0.688. The summed E-state index contributed by atoms with van der Waals surface area (Å²) < 4.78 is 19.8. The lowest BCUT2D eigenvalue weighted by Crippen LogP contribution is -2.22. The van der Waals surface area contributed by atoms with E-state index in [1.54, 1.807) is 36.6 Å². The van der Waals surface area contributed by atoms with E-state index in [0.29, 0.717) is 17.4 Å². The van der Waals surface area contributed by atoms with Gasteiger partial charge in [-0.3, -0.25) is 4.79 Å². The Labute approximate surface area is 206 Å². The summed E-state index contributed by atoms with van der Waals surface area (Å²) in [6.07, 6.45) is 7.28. The molecule has 1 aromatic heterocycles. The second-order valence-corrected chi connectivity index (χ2v) is 7.67. The molecule has 0 bridgehead atoms. The highest BCUT2D eigenvalue weighted by Gasteiger charge is 2.17. The molecule has 0 atom stereocenters. The Morgan fingerprint density at radius 2 is 1.80 bits per heavy atom. The fourth-order valence-corrected chi connectivity index (χ4v) is 3.18. The van der Waals surface area contributed by atoms with Crippen LogP contribution in [-0.4, -0.2) is 28.9 Å². The molecule has 7 heteroatoms. The number of rotatable bonds is 7. The lowest BCUT2D eigenvalue weighted by molar-refractivity contribution is 0.0524. The van der Waals surface area contributed by atoms with E-state index in [9.17, 15) is 19.1 Å². The number of esters is 1. The van der Waals surface area contributed by atoms with Crippen molar-refractivity contribution >= 4 is 22.6 Å². The number of halogens is 1. The Hall–Kier alpha value is -3.63. The zero-order valence-electron chi connectivity index (χ0n) is 21.2. The molecule has 0 fully saturated rings. The number of aliphatic hydroxyl groups is 1. The van der Waals surface area contributed by atoms with Gasteiger partial charge in [0.05, 0.1) is 18.7 Å². The van der Waals surface area contributed by atoms with Crippen LogP contribution in [0.4, 0.5) is 10.1 Å². The van der Waals surface area contributed by atoms with Crippen LogP contribution in [0.15, 0.2) is 47.4 Å². The maximum absolute atomic E-state index is 13.1. The molecular formula is C28H35FN2O4. The van der Waals surface area contributed by atoms with E-state index >= 15 is 0 Å². The molecule has 0 saturated heterocycles. The number of ether oxygens (including phenoxy) is 1. The smallest absolute Gasteiger partial charge is 0.343 e. The Morgan fingerprint density at radius 3 is 2.34 bits per heavy atom. The Bertz CT molecular complexity index is 1190. The molecule has 3 rings (SSSR count). The lowest BCUT2D eigenvalue weighted by Gasteiger charge is -2.16. The molecule has 0 unspecified atom stereocenters. The van der Waals surface area contributed by atoms with E-state index in [1.165, 1.54) is 24.8 Å².